The molecule has 1 amide bonds. The number of halogens is 1. The van der Waals surface area contributed by atoms with Crippen molar-refractivity contribution < 1.29 is 9.53 Å². The Hall–Kier alpha value is -1.14. The molecule has 0 aromatic heterocycles. The second kappa shape index (κ2) is 7.42. The maximum absolute atomic E-state index is 12.4. The van der Waals surface area contributed by atoms with Crippen LogP contribution >= 0.6 is 11.6 Å². The van der Waals surface area contributed by atoms with Crippen LogP contribution in [-0.4, -0.2) is 67.7 Å². The van der Waals surface area contributed by atoms with Gasteiger partial charge < -0.3 is 15.0 Å². The van der Waals surface area contributed by atoms with Crippen LogP contribution in [0.25, 0.3) is 0 Å². The quantitative estimate of drug-likeness (QED) is 0.900. The Morgan fingerprint density at radius 1 is 1.32 bits per heavy atom. The van der Waals surface area contributed by atoms with E-state index in [4.69, 9.17) is 16.3 Å². The summed E-state index contributed by atoms with van der Waals surface area (Å²) in [5, 5.41) is 3.98. The highest BCUT2D eigenvalue weighted by molar-refractivity contribution is 6.30. The van der Waals surface area contributed by atoms with Crippen LogP contribution in [-0.2, 0) is 16.1 Å². The van der Waals surface area contributed by atoms with Gasteiger partial charge in [-0.3, -0.25) is 9.69 Å². The Labute approximate surface area is 136 Å². The third-order valence-corrected chi connectivity index (χ3v) is 4.42. The van der Waals surface area contributed by atoms with Crippen molar-refractivity contribution in [2.24, 2.45) is 0 Å². The number of carbonyl (C=O) groups excluding carboxylic acids is 1. The fourth-order valence-electron chi connectivity index (χ4n) is 2.95. The largest absolute Gasteiger partial charge is 0.366 e. The molecule has 2 aliphatic rings. The number of morpholine rings is 1. The monoisotopic (exact) mass is 323 g/mol. The lowest BCUT2D eigenvalue weighted by molar-refractivity contribution is -0.147. The van der Waals surface area contributed by atoms with Crippen LogP contribution in [0.2, 0.25) is 5.02 Å². The van der Waals surface area contributed by atoms with Gasteiger partial charge in [0.15, 0.2) is 0 Å². The van der Waals surface area contributed by atoms with E-state index in [0.717, 1.165) is 44.3 Å². The SMILES string of the molecule is O=C(C1CNCCO1)N1CCN(Cc2cccc(Cl)c2)CC1. The van der Waals surface area contributed by atoms with Crippen LogP contribution in [0.5, 0.6) is 0 Å². The summed E-state index contributed by atoms with van der Waals surface area (Å²) in [7, 11) is 0. The summed E-state index contributed by atoms with van der Waals surface area (Å²) in [6.07, 6.45) is -0.312. The molecule has 2 saturated heterocycles. The Bertz CT molecular complexity index is 512. The summed E-state index contributed by atoms with van der Waals surface area (Å²) < 4.78 is 5.55. The zero-order valence-electron chi connectivity index (χ0n) is 12.6. The maximum Gasteiger partial charge on any atom is 0.253 e. The van der Waals surface area contributed by atoms with Crippen LogP contribution in [0.4, 0.5) is 0 Å². The van der Waals surface area contributed by atoms with Crippen molar-refractivity contribution in [1.82, 2.24) is 15.1 Å². The molecule has 5 nitrogen and oxygen atoms in total. The summed E-state index contributed by atoms with van der Waals surface area (Å²) in [5.74, 6) is 0.120. The number of amides is 1. The summed E-state index contributed by atoms with van der Waals surface area (Å²) in [6, 6.07) is 7.95. The highest BCUT2D eigenvalue weighted by Crippen LogP contribution is 2.14. The fourth-order valence-corrected chi connectivity index (χ4v) is 3.16. The number of nitrogens with zero attached hydrogens (tertiary/aromatic N) is 2. The highest BCUT2D eigenvalue weighted by Gasteiger charge is 2.29. The second-order valence-corrected chi connectivity index (χ2v) is 6.23. The van der Waals surface area contributed by atoms with E-state index in [1.807, 2.05) is 23.1 Å². The number of piperazine rings is 1. The molecule has 0 aliphatic carbocycles. The molecule has 1 N–H and O–H groups in total. The van der Waals surface area contributed by atoms with Gasteiger partial charge in [0.1, 0.15) is 6.10 Å². The molecular weight excluding hydrogens is 302 g/mol. The van der Waals surface area contributed by atoms with Crippen molar-refractivity contribution >= 4 is 17.5 Å². The molecule has 0 radical (unpaired) electrons. The average molecular weight is 324 g/mol. The highest BCUT2D eigenvalue weighted by atomic mass is 35.5. The van der Waals surface area contributed by atoms with Crippen molar-refractivity contribution in [2.75, 3.05) is 45.9 Å². The normalized spacial score (nSPS) is 23.5. The number of hydrogen-bond donors (Lipinski definition) is 1. The van der Waals surface area contributed by atoms with Crippen LogP contribution in [0.3, 0.4) is 0 Å². The van der Waals surface area contributed by atoms with Crippen molar-refractivity contribution in [3.8, 4) is 0 Å². The predicted octanol–water partition coefficient (Wildman–Crippen LogP) is 0.973. The number of ether oxygens (including phenoxy) is 1. The minimum absolute atomic E-state index is 0.120. The number of benzene rings is 1. The van der Waals surface area contributed by atoms with Crippen molar-refractivity contribution in [3.63, 3.8) is 0 Å². The third-order valence-electron chi connectivity index (χ3n) is 4.18. The molecule has 1 unspecified atom stereocenters. The van der Waals surface area contributed by atoms with E-state index in [1.54, 1.807) is 0 Å². The minimum atomic E-state index is -0.312. The lowest BCUT2D eigenvalue weighted by atomic mass is 10.2. The van der Waals surface area contributed by atoms with Gasteiger partial charge in [0.25, 0.3) is 5.91 Å². The molecule has 1 aromatic rings. The van der Waals surface area contributed by atoms with Crippen LogP contribution in [0.1, 0.15) is 5.56 Å². The Morgan fingerprint density at radius 3 is 2.82 bits per heavy atom. The van der Waals surface area contributed by atoms with E-state index < -0.39 is 0 Å². The van der Waals surface area contributed by atoms with Crippen molar-refractivity contribution in [1.29, 1.82) is 0 Å². The van der Waals surface area contributed by atoms with E-state index in [2.05, 4.69) is 16.3 Å². The van der Waals surface area contributed by atoms with E-state index in [0.29, 0.717) is 13.2 Å². The molecular formula is C16H22ClN3O2. The van der Waals surface area contributed by atoms with Gasteiger partial charge in [0, 0.05) is 50.8 Å². The zero-order chi connectivity index (χ0) is 15.4. The Morgan fingerprint density at radius 2 is 2.14 bits per heavy atom. The van der Waals surface area contributed by atoms with Crippen LogP contribution < -0.4 is 5.32 Å². The molecule has 0 bridgehead atoms. The zero-order valence-corrected chi connectivity index (χ0v) is 13.4. The van der Waals surface area contributed by atoms with Gasteiger partial charge >= 0.3 is 0 Å². The molecule has 1 aromatic carbocycles. The molecule has 1 atom stereocenters. The number of hydrogen-bond acceptors (Lipinski definition) is 4. The summed E-state index contributed by atoms with van der Waals surface area (Å²) in [6.45, 7) is 6.25. The van der Waals surface area contributed by atoms with Crippen LogP contribution in [0.15, 0.2) is 24.3 Å². The minimum Gasteiger partial charge on any atom is -0.366 e. The molecule has 2 fully saturated rings. The number of carbonyl (C=O) groups is 1. The first-order valence-electron chi connectivity index (χ1n) is 7.80. The van der Waals surface area contributed by atoms with Gasteiger partial charge in [-0.15, -0.1) is 0 Å². The summed E-state index contributed by atoms with van der Waals surface area (Å²) in [4.78, 5) is 16.7. The lowest BCUT2D eigenvalue weighted by Gasteiger charge is -2.37. The Kier molecular flexibility index (Phi) is 5.31. The molecule has 2 aliphatic heterocycles. The van der Waals surface area contributed by atoms with E-state index in [-0.39, 0.29) is 12.0 Å². The maximum atomic E-state index is 12.4. The Balaban J connectivity index is 1.48. The van der Waals surface area contributed by atoms with E-state index >= 15 is 0 Å². The summed E-state index contributed by atoms with van der Waals surface area (Å²) >= 11 is 6.02. The topological polar surface area (TPSA) is 44.8 Å². The van der Waals surface area contributed by atoms with Gasteiger partial charge in [-0.25, -0.2) is 0 Å². The first kappa shape index (κ1) is 15.7. The van der Waals surface area contributed by atoms with Gasteiger partial charge in [0.05, 0.1) is 6.61 Å². The third kappa shape index (κ3) is 3.98. The molecule has 0 spiro atoms. The van der Waals surface area contributed by atoms with Gasteiger partial charge in [-0.05, 0) is 17.7 Å². The lowest BCUT2D eigenvalue weighted by Crippen LogP contribution is -2.54. The average Bonchev–Trinajstić information content (AvgIpc) is 2.56. The second-order valence-electron chi connectivity index (χ2n) is 5.79. The number of rotatable bonds is 3. The molecule has 3 rings (SSSR count). The fraction of sp³-hybridized carbons (Fsp3) is 0.562. The standard InChI is InChI=1S/C16H22ClN3O2/c17-14-3-1-2-13(10-14)12-19-5-7-20(8-6-19)16(21)15-11-18-4-9-22-15/h1-3,10,15,18H,4-9,11-12H2. The predicted molar refractivity (Wildman–Crippen MR) is 85.9 cm³/mol. The number of nitrogens with one attached hydrogen (secondary N) is 1. The molecule has 120 valence electrons. The van der Waals surface area contributed by atoms with E-state index in [1.165, 1.54) is 5.56 Å². The molecule has 6 heteroatoms. The van der Waals surface area contributed by atoms with Gasteiger partial charge in [-0.2, -0.15) is 0 Å². The van der Waals surface area contributed by atoms with Gasteiger partial charge in [0.2, 0.25) is 0 Å². The first-order chi connectivity index (χ1) is 10.7. The summed E-state index contributed by atoms with van der Waals surface area (Å²) in [5.41, 5.74) is 1.21. The van der Waals surface area contributed by atoms with Gasteiger partial charge in [-0.1, -0.05) is 23.7 Å². The van der Waals surface area contributed by atoms with E-state index in [9.17, 15) is 4.79 Å². The van der Waals surface area contributed by atoms with Crippen molar-refractivity contribution in [2.45, 2.75) is 12.6 Å². The van der Waals surface area contributed by atoms with Crippen LogP contribution in [0, 0.1) is 0 Å². The van der Waals surface area contributed by atoms with Crippen molar-refractivity contribution in [3.05, 3.63) is 34.9 Å². The molecule has 22 heavy (non-hydrogen) atoms. The first-order valence-corrected chi connectivity index (χ1v) is 8.18. The molecule has 0 saturated carbocycles. The smallest absolute Gasteiger partial charge is 0.253 e. The molecule has 2 heterocycles.